The van der Waals surface area contributed by atoms with Crippen molar-refractivity contribution < 1.29 is 22.8 Å². The molecule has 0 unspecified atom stereocenters. The molecular formula is C17H19F3N2O2. The summed E-state index contributed by atoms with van der Waals surface area (Å²) in [5, 5.41) is 2.74. The quantitative estimate of drug-likeness (QED) is 0.899. The molecule has 4 nitrogen and oxygen atoms in total. The van der Waals surface area contributed by atoms with E-state index in [2.05, 4.69) is 5.32 Å². The van der Waals surface area contributed by atoms with E-state index >= 15 is 0 Å². The lowest BCUT2D eigenvalue weighted by atomic mass is 9.92. The van der Waals surface area contributed by atoms with Crippen LogP contribution in [0.4, 0.5) is 13.2 Å². The molecule has 0 bridgehead atoms. The summed E-state index contributed by atoms with van der Waals surface area (Å²) in [4.78, 5) is 26.5. The zero-order chi connectivity index (χ0) is 17.5. The highest BCUT2D eigenvalue weighted by Crippen LogP contribution is 2.50. The van der Waals surface area contributed by atoms with Gasteiger partial charge in [0, 0.05) is 13.1 Å². The number of carbonyl (C=O) groups is 2. The summed E-state index contributed by atoms with van der Waals surface area (Å²) < 4.78 is 38.9. The minimum Gasteiger partial charge on any atom is -0.354 e. The molecule has 0 radical (unpaired) electrons. The van der Waals surface area contributed by atoms with Gasteiger partial charge in [-0.25, -0.2) is 0 Å². The van der Waals surface area contributed by atoms with E-state index < -0.39 is 23.2 Å². The number of nitrogens with one attached hydrogen (secondary N) is 1. The number of halogens is 3. The van der Waals surface area contributed by atoms with Crippen LogP contribution in [-0.4, -0.2) is 35.8 Å². The van der Waals surface area contributed by atoms with Crippen molar-refractivity contribution in [2.45, 2.75) is 43.8 Å². The van der Waals surface area contributed by atoms with Gasteiger partial charge in [-0.3, -0.25) is 9.59 Å². The second kappa shape index (κ2) is 5.79. The maximum Gasteiger partial charge on any atom is 0.416 e. The normalized spacial score (nSPS) is 23.4. The maximum absolute atomic E-state index is 13.0. The lowest BCUT2D eigenvalue weighted by Crippen LogP contribution is -2.49. The lowest BCUT2D eigenvalue weighted by Gasteiger charge is -2.30. The van der Waals surface area contributed by atoms with Crippen molar-refractivity contribution in [3.05, 3.63) is 35.4 Å². The van der Waals surface area contributed by atoms with Gasteiger partial charge in [-0.1, -0.05) is 18.2 Å². The van der Waals surface area contributed by atoms with Crippen molar-refractivity contribution >= 4 is 11.8 Å². The summed E-state index contributed by atoms with van der Waals surface area (Å²) in [6.07, 6.45) is -2.78. The fraction of sp³-hybridized carbons (Fsp3) is 0.529. The average molecular weight is 340 g/mol. The highest BCUT2D eigenvalue weighted by atomic mass is 19.4. The Kier molecular flexibility index (Phi) is 4.05. The van der Waals surface area contributed by atoms with Crippen LogP contribution < -0.4 is 5.32 Å². The number of rotatable bonds is 2. The summed E-state index contributed by atoms with van der Waals surface area (Å²) in [6.45, 7) is 2.59. The molecule has 1 aliphatic carbocycles. The van der Waals surface area contributed by atoms with Crippen molar-refractivity contribution in [2.75, 3.05) is 13.1 Å². The molecule has 2 amide bonds. The standard InChI is InChI=1S/C17H19F3N2O2/c1-11-14(23)21-8-3-9-22(11)15(24)16(6-7-16)12-4-2-5-13(10-12)17(18,19)20/h2,4-5,10-11H,3,6-9H2,1H3,(H,21,23)/t11-/m0/s1. The Labute approximate surface area is 138 Å². The Hall–Kier alpha value is -2.05. The van der Waals surface area contributed by atoms with Gasteiger partial charge in [-0.05, 0) is 37.8 Å². The molecule has 1 saturated heterocycles. The van der Waals surface area contributed by atoms with E-state index in [9.17, 15) is 22.8 Å². The van der Waals surface area contributed by atoms with Crippen LogP contribution in [0.2, 0.25) is 0 Å². The zero-order valence-electron chi connectivity index (χ0n) is 13.3. The van der Waals surface area contributed by atoms with Crippen molar-refractivity contribution in [1.29, 1.82) is 0 Å². The fourth-order valence-electron chi connectivity index (χ4n) is 3.24. The minimum atomic E-state index is -4.44. The number of carbonyl (C=O) groups excluding carboxylic acids is 2. The number of benzene rings is 1. The van der Waals surface area contributed by atoms with E-state index in [0.29, 0.717) is 37.9 Å². The second-order valence-corrected chi connectivity index (χ2v) is 6.48. The average Bonchev–Trinajstić information content (AvgIpc) is 3.35. The Morgan fingerprint density at radius 3 is 2.67 bits per heavy atom. The van der Waals surface area contributed by atoms with Crippen molar-refractivity contribution in [1.82, 2.24) is 10.2 Å². The second-order valence-electron chi connectivity index (χ2n) is 6.48. The first kappa shape index (κ1) is 16.8. The van der Waals surface area contributed by atoms with Gasteiger partial charge in [0.15, 0.2) is 0 Å². The molecule has 1 atom stereocenters. The van der Waals surface area contributed by atoms with E-state index in [0.717, 1.165) is 12.1 Å². The van der Waals surface area contributed by atoms with Gasteiger partial charge in [0.2, 0.25) is 11.8 Å². The third kappa shape index (κ3) is 2.87. The van der Waals surface area contributed by atoms with Crippen LogP contribution in [0, 0.1) is 0 Å². The SMILES string of the molecule is C[C@H]1C(=O)NCCCN1C(=O)C1(c2cccc(C(F)(F)F)c2)CC1. The third-order valence-electron chi connectivity index (χ3n) is 4.88. The Morgan fingerprint density at radius 1 is 1.33 bits per heavy atom. The van der Waals surface area contributed by atoms with Crippen molar-refractivity contribution in [3.63, 3.8) is 0 Å². The molecule has 1 heterocycles. The van der Waals surface area contributed by atoms with Crippen LogP contribution in [-0.2, 0) is 21.2 Å². The topological polar surface area (TPSA) is 49.4 Å². The molecule has 1 aromatic carbocycles. The monoisotopic (exact) mass is 340 g/mol. The molecular weight excluding hydrogens is 321 g/mol. The number of nitrogens with zero attached hydrogens (tertiary/aromatic N) is 1. The van der Waals surface area contributed by atoms with E-state index in [4.69, 9.17) is 0 Å². The smallest absolute Gasteiger partial charge is 0.354 e. The predicted octanol–water partition coefficient (Wildman–Crippen LogP) is 2.47. The van der Waals surface area contributed by atoms with E-state index in [1.165, 1.54) is 11.0 Å². The first-order valence-electron chi connectivity index (χ1n) is 8.02. The summed E-state index contributed by atoms with van der Waals surface area (Å²) >= 11 is 0. The number of hydrogen-bond donors (Lipinski definition) is 1. The minimum absolute atomic E-state index is 0.222. The van der Waals surface area contributed by atoms with Crippen LogP contribution in [0.25, 0.3) is 0 Å². The van der Waals surface area contributed by atoms with Crippen LogP contribution >= 0.6 is 0 Å². The zero-order valence-corrected chi connectivity index (χ0v) is 13.3. The summed E-state index contributed by atoms with van der Waals surface area (Å²) in [5.41, 5.74) is -1.28. The van der Waals surface area contributed by atoms with E-state index in [1.807, 2.05) is 0 Å². The van der Waals surface area contributed by atoms with Gasteiger partial charge in [0.1, 0.15) is 6.04 Å². The predicted molar refractivity (Wildman–Crippen MR) is 81.2 cm³/mol. The van der Waals surface area contributed by atoms with Crippen molar-refractivity contribution in [3.8, 4) is 0 Å². The lowest BCUT2D eigenvalue weighted by molar-refractivity contribution is -0.141. The van der Waals surface area contributed by atoms with Crippen LogP contribution in [0.3, 0.4) is 0 Å². The van der Waals surface area contributed by atoms with Crippen molar-refractivity contribution in [2.24, 2.45) is 0 Å². The van der Waals surface area contributed by atoms with Gasteiger partial charge in [0.05, 0.1) is 11.0 Å². The Morgan fingerprint density at radius 2 is 2.04 bits per heavy atom. The third-order valence-corrected chi connectivity index (χ3v) is 4.88. The number of hydrogen-bond acceptors (Lipinski definition) is 2. The summed E-state index contributed by atoms with van der Waals surface area (Å²) in [5.74, 6) is -0.466. The molecule has 2 aliphatic rings. The number of alkyl halides is 3. The van der Waals surface area contributed by atoms with Crippen LogP contribution in [0.5, 0.6) is 0 Å². The van der Waals surface area contributed by atoms with Gasteiger partial charge < -0.3 is 10.2 Å². The van der Waals surface area contributed by atoms with E-state index in [-0.39, 0.29) is 11.8 Å². The molecule has 2 fully saturated rings. The van der Waals surface area contributed by atoms with Gasteiger partial charge in [-0.2, -0.15) is 13.2 Å². The molecule has 1 saturated carbocycles. The highest BCUT2D eigenvalue weighted by Gasteiger charge is 2.54. The van der Waals surface area contributed by atoms with Crippen LogP contribution in [0.15, 0.2) is 24.3 Å². The molecule has 1 aromatic rings. The summed E-state index contributed by atoms with van der Waals surface area (Å²) in [6, 6.07) is 4.37. The first-order chi connectivity index (χ1) is 11.3. The molecule has 130 valence electrons. The maximum atomic E-state index is 13.0. The fourth-order valence-corrected chi connectivity index (χ4v) is 3.24. The molecule has 0 spiro atoms. The molecule has 7 heteroatoms. The number of amides is 2. The summed E-state index contributed by atoms with van der Waals surface area (Å²) in [7, 11) is 0. The van der Waals surface area contributed by atoms with Gasteiger partial charge in [0.25, 0.3) is 0 Å². The molecule has 0 aromatic heterocycles. The molecule has 1 N–H and O–H groups in total. The molecule has 24 heavy (non-hydrogen) atoms. The Bertz CT molecular complexity index is 668. The molecule has 3 rings (SSSR count). The van der Waals surface area contributed by atoms with E-state index in [1.54, 1.807) is 13.0 Å². The Balaban J connectivity index is 1.91. The molecule has 1 aliphatic heterocycles. The largest absolute Gasteiger partial charge is 0.416 e. The van der Waals surface area contributed by atoms with Gasteiger partial charge >= 0.3 is 6.18 Å². The van der Waals surface area contributed by atoms with Crippen LogP contribution in [0.1, 0.15) is 37.3 Å². The van der Waals surface area contributed by atoms with Gasteiger partial charge in [-0.15, -0.1) is 0 Å². The first-order valence-corrected chi connectivity index (χ1v) is 8.02. The highest BCUT2D eigenvalue weighted by molar-refractivity contribution is 5.95.